The van der Waals surface area contributed by atoms with Crippen molar-refractivity contribution in [3.8, 4) is 11.5 Å². The van der Waals surface area contributed by atoms with Crippen molar-refractivity contribution in [1.29, 1.82) is 0 Å². The van der Waals surface area contributed by atoms with Crippen LogP contribution in [0, 0.1) is 5.92 Å². The monoisotopic (exact) mass is 388 g/mol. The first kappa shape index (κ1) is 19.7. The van der Waals surface area contributed by atoms with Crippen molar-refractivity contribution in [3.63, 3.8) is 0 Å². The summed E-state index contributed by atoms with van der Waals surface area (Å²) in [5, 5.41) is 4.99. The number of benzene rings is 1. The van der Waals surface area contributed by atoms with Crippen LogP contribution in [0.1, 0.15) is 38.2 Å². The van der Waals surface area contributed by atoms with E-state index in [0.717, 1.165) is 31.2 Å². The van der Waals surface area contributed by atoms with Gasteiger partial charge in [0.05, 0.1) is 0 Å². The average molecular weight is 388 g/mol. The van der Waals surface area contributed by atoms with Crippen LogP contribution in [-0.4, -0.2) is 37.3 Å². The van der Waals surface area contributed by atoms with E-state index in [2.05, 4.69) is 17.6 Å². The van der Waals surface area contributed by atoms with Crippen molar-refractivity contribution < 1.29 is 28.6 Å². The predicted octanol–water partition coefficient (Wildman–Crippen LogP) is 2.38. The molecular weight excluding hydrogens is 364 g/mol. The molecule has 0 aromatic heterocycles. The summed E-state index contributed by atoms with van der Waals surface area (Å²) in [6, 6.07) is 4.74. The highest BCUT2D eigenvalue weighted by Crippen LogP contribution is 2.32. The van der Waals surface area contributed by atoms with Gasteiger partial charge in [0, 0.05) is 12.1 Å². The van der Waals surface area contributed by atoms with Gasteiger partial charge in [-0.3, -0.25) is 10.1 Å². The minimum Gasteiger partial charge on any atom is -0.454 e. The molecule has 2 atom stereocenters. The van der Waals surface area contributed by atoms with E-state index >= 15 is 0 Å². The van der Waals surface area contributed by atoms with E-state index in [1.165, 1.54) is 6.08 Å². The fourth-order valence-corrected chi connectivity index (χ4v) is 3.26. The Hall–Kier alpha value is -3.03. The standard InChI is InChI=1S/C20H24N2O6/c1-13-4-2-3-5-15(13)21-20(25)22-18(23)11-26-19(24)9-7-14-6-8-16-17(10-14)28-12-27-16/h6-10,13,15H,2-5,11-12H2,1H3,(H2,21,22,23,25)/b9-7+/t13-,15-/m1/s1. The molecule has 0 bridgehead atoms. The third-order valence-electron chi connectivity index (χ3n) is 4.83. The van der Waals surface area contributed by atoms with E-state index in [9.17, 15) is 14.4 Å². The Morgan fingerprint density at radius 3 is 2.79 bits per heavy atom. The molecule has 0 spiro atoms. The third-order valence-corrected chi connectivity index (χ3v) is 4.83. The highest BCUT2D eigenvalue weighted by molar-refractivity contribution is 5.96. The SMILES string of the molecule is C[C@@H]1CCCC[C@H]1NC(=O)NC(=O)COC(=O)/C=C/c1ccc2c(c1)OCO2. The van der Waals surface area contributed by atoms with Gasteiger partial charge in [-0.25, -0.2) is 9.59 Å². The maximum atomic E-state index is 11.9. The minimum atomic E-state index is -0.686. The van der Waals surface area contributed by atoms with Gasteiger partial charge in [-0.15, -0.1) is 0 Å². The molecule has 0 saturated heterocycles. The van der Waals surface area contributed by atoms with E-state index in [1.54, 1.807) is 24.3 Å². The van der Waals surface area contributed by atoms with Crippen LogP contribution in [0.5, 0.6) is 11.5 Å². The van der Waals surface area contributed by atoms with Gasteiger partial charge in [-0.2, -0.15) is 0 Å². The summed E-state index contributed by atoms with van der Waals surface area (Å²) in [6.07, 6.45) is 6.94. The molecule has 0 unspecified atom stereocenters. The molecule has 1 heterocycles. The van der Waals surface area contributed by atoms with E-state index < -0.39 is 24.5 Å². The number of fused-ring (bicyclic) bond motifs is 1. The van der Waals surface area contributed by atoms with Gasteiger partial charge in [0.15, 0.2) is 18.1 Å². The molecule has 2 N–H and O–H groups in total. The Bertz CT molecular complexity index is 776. The van der Waals surface area contributed by atoms with Crippen molar-refractivity contribution in [2.75, 3.05) is 13.4 Å². The summed E-state index contributed by atoms with van der Waals surface area (Å²) in [6.45, 7) is 1.73. The van der Waals surface area contributed by atoms with E-state index in [4.69, 9.17) is 14.2 Å². The average Bonchev–Trinajstić information content (AvgIpc) is 3.14. The Morgan fingerprint density at radius 1 is 1.18 bits per heavy atom. The van der Waals surface area contributed by atoms with Gasteiger partial charge in [0.2, 0.25) is 6.79 Å². The Morgan fingerprint density at radius 2 is 1.96 bits per heavy atom. The van der Waals surface area contributed by atoms with Crippen LogP contribution in [0.2, 0.25) is 0 Å². The number of hydrogen-bond acceptors (Lipinski definition) is 6. The molecule has 28 heavy (non-hydrogen) atoms. The molecule has 0 radical (unpaired) electrons. The Labute approximate surface area is 163 Å². The fourth-order valence-electron chi connectivity index (χ4n) is 3.26. The normalized spacial score (nSPS) is 20.6. The van der Waals surface area contributed by atoms with Gasteiger partial charge in [-0.05, 0) is 42.5 Å². The van der Waals surface area contributed by atoms with Crippen LogP contribution in [0.3, 0.4) is 0 Å². The maximum Gasteiger partial charge on any atom is 0.331 e. The van der Waals surface area contributed by atoms with Crippen LogP contribution in [0.4, 0.5) is 4.79 Å². The van der Waals surface area contributed by atoms with Crippen molar-refractivity contribution >= 4 is 24.0 Å². The maximum absolute atomic E-state index is 11.9. The zero-order valence-electron chi connectivity index (χ0n) is 15.7. The molecule has 1 aliphatic carbocycles. The van der Waals surface area contributed by atoms with Crippen LogP contribution >= 0.6 is 0 Å². The number of imide groups is 1. The first-order valence-corrected chi connectivity index (χ1v) is 9.36. The number of rotatable bonds is 5. The van der Waals surface area contributed by atoms with Gasteiger partial charge in [0.1, 0.15) is 0 Å². The summed E-state index contributed by atoms with van der Waals surface area (Å²) in [7, 11) is 0. The van der Waals surface area contributed by atoms with E-state index in [0.29, 0.717) is 17.4 Å². The highest BCUT2D eigenvalue weighted by atomic mass is 16.7. The lowest BCUT2D eigenvalue weighted by Gasteiger charge is -2.29. The highest BCUT2D eigenvalue weighted by Gasteiger charge is 2.23. The summed E-state index contributed by atoms with van der Waals surface area (Å²) in [4.78, 5) is 35.4. The van der Waals surface area contributed by atoms with Crippen LogP contribution < -0.4 is 20.1 Å². The molecule has 1 fully saturated rings. The zero-order chi connectivity index (χ0) is 19.9. The van der Waals surface area contributed by atoms with Crippen LogP contribution in [0.15, 0.2) is 24.3 Å². The number of nitrogens with one attached hydrogen (secondary N) is 2. The summed E-state index contributed by atoms with van der Waals surface area (Å²) < 4.78 is 15.3. The molecule has 1 aromatic carbocycles. The second-order valence-electron chi connectivity index (χ2n) is 6.94. The molecule has 150 valence electrons. The molecule has 8 nitrogen and oxygen atoms in total. The number of amides is 3. The minimum absolute atomic E-state index is 0.0636. The largest absolute Gasteiger partial charge is 0.454 e. The molecule has 8 heteroatoms. The summed E-state index contributed by atoms with van der Waals surface area (Å²) in [5.41, 5.74) is 0.728. The Balaban J connectivity index is 1.39. The number of esters is 1. The lowest BCUT2D eigenvalue weighted by atomic mass is 9.86. The first-order valence-electron chi connectivity index (χ1n) is 9.36. The number of carbonyl (C=O) groups is 3. The summed E-state index contributed by atoms with van der Waals surface area (Å²) in [5.74, 6) is 0.277. The number of ether oxygens (including phenoxy) is 3. The molecule has 3 rings (SSSR count). The second-order valence-corrected chi connectivity index (χ2v) is 6.94. The Kier molecular flexibility index (Phi) is 6.52. The van der Waals surface area contributed by atoms with Crippen molar-refractivity contribution in [2.45, 2.75) is 38.6 Å². The molecule has 1 saturated carbocycles. The van der Waals surface area contributed by atoms with Crippen LogP contribution in [0.25, 0.3) is 6.08 Å². The topological polar surface area (TPSA) is 103 Å². The number of urea groups is 1. The molecule has 3 amide bonds. The smallest absolute Gasteiger partial charge is 0.331 e. The van der Waals surface area contributed by atoms with Crippen molar-refractivity contribution in [1.82, 2.24) is 10.6 Å². The fraction of sp³-hybridized carbons (Fsp3) is 0.450. The molecule has 2 aliphatic rings. The van der Waals surface area contributed by atoms with Gasteiger partial charge in [0.25, 0.3) is 5.91 Å². The van der Waals surface area contributed by atoms with Gasteiger partial charge in [-0.1, -0.05) is 25.8 Å². The second kappa shape index (κ2) is 9.25. The first-order chi connectivity index (χ1) is 13.5. The molecule has 1 aromatic rings. The lowest BCUT2D eigenvalue weighted by molar-refractivity contribution is -0.143. The number of hydrogen-bond donors (Lipinski definition) is 2. The van der Waals surface area contributed by atoms with Gasteiger partial charge < -0.3 is 19.5 Å². The van der Waals surface area contributed by atoms with Crippen molar-refractivity contribution in [2.24, 2.45) is 5.92 Å². The summed E-state index contributed by atoms with van der Waals surface area (Å²) >= 11 is 0. The van der Waals surface area contributed by atoms with Crippen LogP contribution in [-0.2, 0) is 14.3 Å². The van der Waals surface area contributed by atoms with E-state index in [1.807, 2.05) is 0 Å². The predicted molar refractivity (Wildman–Crippen MR) is 101 cm³/mol. The van der Waals surface area contributed by atoms with E-state index in [-0.39, 0.29) is 12.8 Å². The molecular formula is C20H24N2O6. The lowest BCUT2D eigenvalue weighted by Crippen LogP contribution is -2.48. The van der Waals surface area contributed by atoms with Gasteiger partial charge >= 0.3 is 12.0 Å². The third kappa shape index (κ3) is 5.48. The zero-order valence-corrected chi connectivity index (χ0v) is 15.7. The quantitative estimate of drug-likeness (QED) is 0.593. The number of carbonyl (C=O) groups excluding carboxylic acids is 3. The van der Waals surface area contributed by atoms with Crippen molar-refractivity contribution in [3.05, 3.63) is 29.8 Å². The molecule has 1 aliphatic heterocycles.